The van der Waals surface area contributed by atoms with Crippen LogP contribution in [-0.4, -0.2) is 20.7 Å². The van der Waals surface area contributed by atoms with Crippen molar-refractivity contribution in [2.24, 2.45) is 0 Å². The number of benzene rings is 2. The van der Waals surface area contributed by atoms with Gasteiger partial charge in [0.25, 0.3) is 5.91 Å². The van der Waals surface area contributed by atoms with Gasteiger partial charge >= 0.3 is 0 Å². The molecule has 146 valence electrons. The van der Waals surface area contributed by atoms with Gasteiger partial charge in [-0.2, -0.15) is 5.10 Å². The fourth-order valence-electron chi connectivity index (χ4n) is 3.36. The first-order valence-electron chi connectivity index (χ1n) is 9.44. The molecule has 4 rings (SSSR count). The molecule has 5 nitrogen and oxygen atoms in total. The van der Waals surface area contributed by atoms with E-state index in [1.807, 2.05) is 79.2 Å². The summed E-state index contributed by atoms with van der Waals surface area (Å²) in [6.07, 6.45) is 1.78. The number of fused-ring (bicyclic) bond motifs is 1. The molecule has 0 bridgehead atoms. The molecule has 6 heteroatoms. The Hall–Kier alpha value is -2.99. The molecule has 1 N–H and O–H groups in total. The number of carbonyl (C=O) groups is 1. The van der Waals surface area contributed by atoms with Crippen LogP contribution in [0.1, 0.15) is 40.3 Å². The van der Waals surface area contributed by atoms with Crippen molar-refractivity contribution in [1.29, 1.82) is 0 Å². The molecular formula is C23H21BrN4O. The van der Waals surface area contributed by atoms with Crippen LogP contribution in [-0.2, 0) is 6.54 Å². The maximum atomic E-state index is 12.8. The van der Waals surface area contributed by atoms with E-state index in [1.54, 1.807) is 6.20 Å². The van der Waals surface area contributed by atoms with Crippen LogP contribution in [0.3, 0.4) is 0 Å². The third kappa shape index (κ3) is 4.22. The van der Waals surface area contributed by atoms with Gasteiger partial charge in [0.15, 0.2) is 0 Å². The van der Waals surface area contributed by atoms with Crippen LogP contribution in [0.25, 0.3) is 10.9 Å². The summed E-state index contributed by atoms with van der Waals surface area (Å²) in [6, 6.07) is 19.4. The van der Waals surface area contributed by atoms with Crippen LogP contribution >= 0.6 is 15.9 Å². The summed E-state index contributed by atoms with van der Waals surface area (Å²) in [6.45, 7) is 4.54. The maximum Gasteiger partial charge on any atom is 0.251 e. The van der Waals surface area contributed by atoms with Crippen molar-refractivity contribution in [2.45, 2.75) is 26.4 Å². The second-order valence-electron chi connectivity index (χ2n) is 7.04. The van der Waals surface area contributed by atoms with Gasteiger partial charge < -0.3 is 5.32 Å². The topological polar surface area (TPSA) is 59.8 Å². The highest BCUT2D eigenvalue weighted by Gasteiger charge is 2.15. The van der Waals surface area contributed by atoms with E-state index in [9.17, 15) is 4.79 Å². The molecule has 2 aromatic carbocycles. The third-order valence-electron chi connectivity index (χ3n) is 4.95. The Kier molecular flexibility index (Phi) is 5.45. The maximum absolute atomic E-state index is 12.8. The van der Waals surface area contributed by atoms with Crippen LogP contribution in [0.4, 0.5) is 0 Å². The molecule has 1 amide bonds. The standard InChI is InChI=1S/C23H21BrN4O/c1-15(17-6-9-19(24)10-7-17)26-23(29)18-8-11-22-21(13-18)16(2)27-28(22)14-20-5-3-4-12-25-20/h3-13,15H,14H2,1-2H3,(H,26,29)/t15-/m0/s1. The zero-order valence-electron chi connectivity index (χ0n) is 16.3. The summed E-state index contributed by atoms with van der Waals surface area (Å²) in [5.41, 5.74) is 4.52. The van der Waals surface area contributed by atoms with Gasteiger partial charge in [0, 0.05) is 21.6 Å². The van der Waals surface area contributed by atoms with E-state index in [-0.39, 0.29) is 11.9 Å². The lowest BCUT2D eigenvalue weighted by Crippen LogP contribution is -2.26. The van der Waals surface area contributed by atoms with Gasteiger partial charge in [-0.1, -0.05) is 34.1 Å². The average Bonchev–Trinajstić information content (AvgIpc) is 3.04. The summed E-state index contributed by atoms with van der Waals surface area (Å²) in [5, 5.41) is 8.69. The lowest BCUT2D eigenvalue weighted by atomic mass is 10.1. The number of nitrogens with one attached hydrogen (secondary N) is 1. The molecule has 4 aromatic rings. The van der Waals surface area contributed by atoms with E-state index in [1.165, 1.54) is 0 Å². The lowest BCUT2D eigenvalue weighted by Gasteiger charge is -2.14. The van der Waals surface area contributed by atoms with Gasteiger partial charge in [0.2, 0.25) is 0 Å². The second kappa shape index (κ2) is 8.17. The third-order valence-corrected chi connectivity index (χ3v) is 5.48. The highest BCUT2D eigenvalue weighted by molar-refractivity contribution is 9.10. The van der Waals surface area contributed by atoms with Gasteiger partial charge in [0.1, 0.15) is 0 Å². The number of amides is 1. The van der Waals surface area contributed by atoms with E-state index >= 15 is 0 Å². The molecule has 0 spiro atoms. The van der Waals surface area contributed by atoms with Crippen LogP contribution < -0.4 is 5.32 Å². The number of carbonyl (C=O) groups excluding carboxylic acids is 1. The van der Waals surface area contributed by atoms with Crippen molar-refractivity contribution in [3.05, 3.63) is 93.8 Å². The van der Waals surface area contributed by atoms with Crippen LogP contribution in [0, 0.1) is 6.92 Å². The van der Waals surface area contributed by atoms with Crippen LogP contribution in [0.15, 0.2) is 71.3 Å². The number of hydrogen-bond acceptors (Lipinski definition) is 3. The lowest BCUT2D eigenvalue weighted by molar-refractivity contribution is 0.0940. The molecule has 0 aliphatic heterocycles. The number of nitrogens with zero attached hydrogens (tertiary/aromatic N) is 3. The molecule has 1 atom stereocenters. The molecule has 0 radical (unpaired) electrons. The fraction of sp³-hybridized carbons (Fsp3) is 0.174. The average molecular weight is 449 g/mol. The number of aryl methyl sites for hydroxylation is 1. The zero-order chi connectivity index (χ0) is 20.4. The minimum Gasteiger partial charge on any atom is -0.346 e. The van der Waals surface area contributed by atoms with Gasteiger partial charge in [-0.3, -0.25) is 14.5 Å². The molecule has 0 saturated heterocycles. The summed E-state index contributed by atoms with van der Waals surface area (Å²) in [5.74, 6) is -0.0980. The smallest absolute Gasteiger partial charge is 0.251 e. The van der Waals surface area contributed by atoms with E-state index in [4.69, 9.17) is 0 Å². The molecule has 0 saturated carbocycles. The molecule has 2 heterocycles. The minimum atomic E-state index is -0.0980. The van der Waals surface area contributed by atoms with E-state index < -0.39 is 0 Å². The SMILES string of the molecule is Cc1nn(Cc2ccccn2)c2ccc(C(=O)N[C@@H](C)c3ccc(Br)cc3)cc12. The predicted molar refractivity (Wildman–Crippen MR) is 118 cm³/mol. The van der Waals surface area contributed by atoms with E-state index in [0.29, 0.717) is 12.1 Å². The summed E-state index contributed by atoms with van der Waals surface area (Å²) in [7, 11) is 0. The number of pyridine rings is 1. The Morgan fingerprint density at radius 1 is 1.14 bits per heavy atom. The summed E-state index contributed by atoms with van der Waals surface area (Å²) in [4.78, 5) is 17.2. The molecule has 29 heavy (non-hydrogen) atoms. The molecule has 0 aliphatic carbocycles. The molecule has 0 aliphatic rings. The molecule has 2 aromatic heterocycles. The second-order valence-corrected chi connectivity index (χ2v) is 7.96. The molecular weight excluding hydrogens is 428 g/mol. The molecule has 0 unspecified atom stereocenters. The van der Waals surface area contributed by atoms with Gasteiger partial charge in [0.05, 0.1) is 29.5 Å². The highest BCUT2D eigenvalue weighted by atomic mass is 79.9. The minimum absolute atomic E-state index is 0.0840. The number of aromatic nitrogens is 3. The normalized spacial score (nSPS) is 12.1. The number of halogens is 1. The van der Waals surface area contributed by atoms with Crippen molar-refractivity contribution in [1.82, 2.24) is 20.1 Å². The van der Waals surface area contributed by atoms with Crippen molar-refractivity contribution in [3.8, 4) is 0 Å². The Bertz CT molecular complexity index is 1150. The fourth-order valence-corrected chi connectivity index (χ4v) is 3.63. The largest absolute Gasteiger partial charge is 0.346 e. The Labute approximate surface area is 177 Å². The van der Waals surface area contributed by atoms with Crippen molar-refractivity contribution < 1.29 is 4.79 Å². The number of hydrogen-bond donors (Lipinski definition) is 1. The van der Waals surface area contributed by atoms with E-state index in [2.05, 4.69) is 31.3 Å². The van der Waals surface area contributed by atoms with Gasteiger partial charge in [-0.05, 0) is 61.9 Å². The van der Waals surface area contributed by atoms with Crippen molar-refractivity contribution in [3.63, 3.8) is 0 Å². The van der Waals surface area contributed by atoms with Gasteiger partial charge in [-0.25, -0.2) is 0 Å². The van der Waals surface area contributed by atoms with Crippen molar-refractivity contribution >= 4 is 32.7 Å². The first-order valence-corrected chi connectivity index (χ1v) is 10.2. The molecule has 0 fully saturated rings. The summed E-state index contributed by atoms with van der Waals surface area (Å²) < 4.78 is 2.95. The predicted octanol–water partition coefficient (Wildman–Crippen LogP) is 5.04. The Morgan fingerprint density at radius 3 is 2.66 bits per heavy atom. The first kappa shape index (κ1) is 19.3. The number of rotatable bonds is 5. The zero-order valence-corrected chi connectivity index (χ0v) is 17.8. The van der Waals surface area contributed by atoms with Crippen molar-refractivity contribution in [2.75, 3.05) is 0 Å². The van der Waals surface area contributed by atoms with Crippen LogP contribution in [0.2, 0.25) is 0 Å². The highest BCUT2D eigenvalue weighted by Crippen LogP contribution is 2.22. The quantitative estimate of drug-likeness (QED) is 0.464. The Morgan fingerprint density at radius 2 is 1.93 bits per heavy atom. The summed E-state index contributed by atoms with van der Waals surface area (Å²) >= 11 is 3.44. The van der Waals surface area contributed by atoms with Crippen LogP contribution in [0.5, 0.6) is 0 Å². The van der Waals surface area contributed by atoms with E-state index in [0.717, 1.165) is 32.3 Å². The van der Waals surface area contributed by atoms with Gasteiger partial charge in [-0.15, -0.1) is 0 Å². The first-order chi connectivity index (χ1) is 14.0. The Balaban J connectivity index is 1.56. The monoisotopic (exact) mass is 448 g/mol.